The van der Waals surface area contributed by atoms with E-state index in [2.05, 4.69) is 10.3 Å². The van der Waals surface area contributed by atoms with Gasteiger partial charge in [-0.2, -0.15) is 0 Å². The summed E-state index contributed by atoms with van der Waals surface area (Å²) in [5.41, 5.74) is 2.44. The van der Waals surface area contributed by atoms with Gasteiger partial charge in [-0.25, -0.2) is 13.4 Å². The van der Waals surface area contributed by atoms with Gasteiger partial charge >= 0.3 is 0 Å². The molecular formula is C27H30N4O3S2. The van der Waals surface area contributed by atoms with Crippen LogP contribution in [0.15, 0.2) is 94.8 Å². The summed E-state index contributed by atoms with van der Waals surface area (Å²) in [6, 6.07) is 22.8. The van der Waals surface area contributed by atoms with Gasteiger partial charge in [0.25, 0.3) is 0 Å². The topological polar surface area (TPSA) is 80.4 Å². The number of rotatable bonds is 10. The van der Waals surface area contributed by atoms with E-state index in [4.69, 9.17) is 16.6 Å². The largest absolute Gasteiger partial charge is 0.467 e. The molecule has 36 heavy (non-hydrogen) atoms. The van der Waals surface area contributed by atoms with E-state index in [-0.39, 0.29) is 17.0 Å². The van der Waals surface area contributed by atoms with Crippen LogP contribution in [-0.2, 0) is 35.2 Å². The van der Waals surface area contributed by atoms with Crippen LogP contribution in [0.3, 0.4) is 0 Å². The van der Waals surface area contributed by atoms with Crippen LogP contribution in [0.4, 0.5) is 0 Å². The Balaban J connectivity index is 1.70. The van der Waals surface area contributed by atoms with Crippen molar-refractivity contribution in [2.24, 2.45) is 0 Å². The van der Waals surface area contributed by atoms with Crippen LogP contribution < -0.4 is 5.32 Å². The van der Waals surface area contributed by atoms with Gasteiger partial charge in [-0.3, -0.25) is 0 Å². The molecule has 2 heterocycles. The third-order valence-electron chi connectivity index (χ3n) is 5.54. The molecular weight excluding hydrogens is 492 g/mol. The maximum absolute atomic E-state index is 13.5. The number of thiocarbonyl (C=S) groups is 1. The SMILES string of the molecule is CC(C)NC(=S)N(Cc1ccco1)Cc1cnc(S(=O)(=O)Cc2ccccc2)n1Cc1ccccc1. The predicted octanol–water partition coefficient (Wildman–Crippen LogP) is 4.78. The van der Waals surface area contributed by atoms with Crippen LogP contribution in [0.5, 0.6) is 0 Å². The zero-order chi connectivity index (χ0) is 25.5. The molecule has 0 spiro atoms. The smallest absolute Gasteiger partial charge is 0.228 e. The molecule has 1 N–H and O–H groups in total. The first kappa shape index (κ1) is 25.7. The summed E-state index contributed by atoms with van der Waals surface area (Å²) in [5.74, 6) is 0.636. The van der Waals surface area contributed by atoms with Crippen LogP contribution in [0.2, 0.25) is 0 Å². The number of imidazole rings is 1. The Hall–Kier alpha value is -3.43. The highest BCUT2D eigenvalue weighted by Gasteiger charge is 2.26. The Morgan fingerprint density at radius 2 is 1.67 bits per heavy atom. The minimum absolute atomic E-state index is 0.0471. The third-order valence-corrected chi connectivity index (χ3v) is 7.51. The molecule has 0 saturated heterocycles. The molecule has 7 nitrogen and oxygen atoms in total. The quantitative estimate of drug-likeness (QED) is 0.300. The molecule has 9 heteroatoms. The van der Waals surface area contributed by atoms with Crippen molar-refractivity contribution in [1.29, 1.82) is 0 Å². The molecule has 0 amide bonds. The molecule has 4 aromatic rings. The molecule has 0 saturated carbocycles. The second-order valence-electron chi connectivity index (χ2n) is 8.89. The Morgan fingerprint density at radius 1 is 1.00 bits per heavy atom. The number of aromatic nitrogens is 2. The molecule has 0 atom stereocenters. The molecule has 4 rings (SSSR count). The molecule has 0 aliphatic rings. The van der Waals surface area contributed by atoms with Crippen molar-refractivity contribution in [3.63, 3.8) is 0 Å². The van der Waals surface area contributed by atoms with E-state index in [0.717, 1.165) is 22.6 Å². The maximum Gasteiger partial charge on any atom is 0.228 e. The van der Waals surface area contributed by atoms with Gasteiger partial charge in [0.1, 0.15) is 5.76 Å². The van der Waals surface area contributed by atoms with Gasteiger partial charge in [0.15, 0.2) is 5.11 Å². The molecule has 188 valence electrons. The van der Waals surface area contributed by atoms with Gasteiger partial charge in [0, 0.05) is 6.04 Å². The summed E-state index contributed by atoms with van der Waals surface area (Å²) < 4.78 is 34.3. The van der Waals surface area contributed by atoms with Crippen LogP contribution in [0.1, 0.15) is 36.4 Å². The second kappa shape index (κ2) is 11.5. The number of hydrogen-bond donors (Lipinski definition) is 1. The van der Waals surface area contributed by atoms with Gasteiger partial charge in [0.2, 0.25) is 15.0 Å². The summed E-state index contributed by atoms with van der Waals surface area (Å²) in [5, 5.41) is 3.89. The fraction of sp³-hybridized carbons (Fsp3) is 0.259. The van der Waals surface area contributed by atoms with Gasteiger partial charge < -0.3 is 19.2 Å². The highest BCUT2D eigenvalue weighted by atomic mass is 32.2. The Bertz CT molecular complexity index is 1370. The first-order valence-electron chi connectivity index (χ1n) is 11.7. The van der Waals surface area contributed by atoms with Crippen molar-refractivity contribution >= 4 is 27.2 Å². The molecule has 2 aromatic heterocycles. The summed E-state index contributed by atoms with van der Waals surface area (Å²) in [6.07, 6.45) is 3.26. The molecule has 0 aliphatic carbocycles. The minimum Gasteiger partial charge on any atom is -0.467 e. The summed E-state index contributed by atoms with van der Waals surface area (Å²) in [6.45, 7) is 5.21. The van der Waals surface area contributed by atoms with Crippen molar-refractivity contribution in [2.75, 3.05) is 0 Å². The van der Waals surface area contributed by atoms with Gasteiger partial charge in [-0.1, -0.05) is 60.7 Å². The molecule has 0 fully saturated rings. The van der Waals surface area contributed by atoms with E-state index in [1.165, 1.54) is 0 Å². The van der Waals surface area contributed by atoms with E-state index in [1.54, 1.807) is 17.0 Å². The fourth-order valence-corrected chi connectivity index (χ4v) is 5.74. The number of hydrogen-bond acceptors (Lipinski definition) is 5. The van der Waals surface area contributed by atoms with Crippen LogP contribution in [0, 0.1) is 0 Å². The maximum atomic E-state index is 13.5. The molecule has 0 radical (unpaired) electrons. The monoisotopic (exact) mass is 522 g/mol. The third kappa shape index (κ3) is 6.61. The highest BCUT2D eigenvalue weighted by molar-refractivity contribution is 7.90. The van der Waals surface area contributed by atoms with Crippen LogP contribution in [0.25, 0.3) is 0 Å². The van der Waals surface area contributed by atoms with Gasteiger partial charge in [-0.15, -0.1) is 0 Å². The standard InChI is InChI=1S/C27H30N4O3S2/c1-21(2)29-26(35)30(19-25-14-9-15-34-25)18-24-16-28-27(31(24)17-22-10-5-3-6-11-22)36(32,33)20-23-12-7-4-8-13-23/h3-16,21H,17-20H2,1-2H3,(H,29,35). The summed E-state index contributed by atoms with van der Waals surface area (Å²) in [7, 11) is -3.70. The number of furan rings is 1. The molecule has 0 aliphatic heterocycles. The number of sulfone groups is 1. The van der Waals surface area contributed by atoms with Crippen LogP contribution in [-0.4, -0.2) is 34.0 Å². The summed E-state index contributed by atoms with van der Waals surface area (Å²) in [4.78, 5) is 6.37. The molecule has 0 unspecified atom stereocenters. The van der Waals surface area contributed by atoms with Gasteiger partial charge in [0.05, 0.1) is 43.5 Å². The molecule has 0 bridgehead atoms. The van der Waals surface area contributed by atoms with Gasteiger partial charge in [-0.05, 0) is 49.3 Å². The van der Waals surface area contributed by atoms with E-state index < -0.39 is 9.84 Å². The number of benzene rings is 2. The van der Waals surface area contributed by atoms with Crippen molar-refractivity contribution in [1.82, 2.24) is 19.8 Å². The van der Waals surface area contributed by atoms with E-state index in [1.807, 2.05) is 91.5 Å². The lowest BCUT2D eigenvalue weighted by molar-refractivity contribution is 0.340. The highest BCUT2D eigenvalue weighted by Crippen LogP contribution is 2.21. The van der Waals surface area contributed by atoms with Crippen molar-refractivity contribution < 1.29 is 12.8 Å². The Morgan fingerprint density at radius 3 is 2.28 bits per heavy atom. The fourth-order valence-electron chi connectivity index (χ4n) is 3.88. The summed E-state index contributed by atoms with van der Waals surface area (Å²) >= 11 is 5.69. The van der Waals surface area contributed by atoms with Crippen molar-refractivity contribution in [2.45, 2.75) is 50.4 Å². The normalized spacial score (nSPS) is 11.5. The Kier molecular flexibility index (Phi) is 8.22. The minimum atomic E-state index is -3.70. The van der Waals surface area contributed by atoms with Crippen molar-refractivity contribution in [3.8, 4) is 0 Å². The van der Waals surface area contributed by atoms with Crippen LogP contribution >= 0.6 is 12.2 Å². The first-order valence-corrected chi connectivity index (χ1v) is 13.8. The first-order chi connectivity index (χ1) is 17.3. The molecule has 2 aromatic carbocycles. The Labute approximate surface area is 217 Å². The number of nitrogens with one attached hydrogen (secondary N) is 1. The second-order valence-corrected chi connectivity index (χ2v) is 11.2. The predicted molar refractivity (Wildman–Crippen MR) is 144 cm³/mol. The van der Waals surface area contributed by atoms with Crippen molar-refractivity contribution in [3.05, 3.63) is 108 Å². The van der Waals surface area contributed by atoms with E-state index in [0.29, 0.717) is 24.7 Å². The average Bonchev–Trinajstić information content (AvgIpc) is 3.50. The van der Waals surface area contributed by atoms with E-state index >= 15 is 0 Å². The zero-order valence-corrected chi connectivity index (χ0v) is 22.0. The lowest BCUT2D eigenvalue weighted by Gasteiger charge is -2.27. The van der Waals surface area contributed by atoms with E-state index in [9.17, 15) is 8.42 Å². The average molecular weight is 523 g/mol. The lowest BCUT2D eigenvalue weighted by Crippen LogP contribution is -2.42. The number of nitrogens with zero attached hydrogens (tertiary/aromatic N) is 3. The lowest BCUT2D eigenvalue weighted by atomic mass is 10.2. The zero-order valence-electron chi connectivity index (χ0n) is 20.4.